The number of methoxy groups -OCH3 is 1. The minimum Gasteiger partial charge on any atom is -0.383 e. The van der Waals surface area contributed by atoms with Gasteiger partial charge in [0.25, 0.3) is 0 Å². The quantitative estimate of drug-likeness (QED) is 0.713. The number of rotatable bonds is 8. The van der Waals surface area contributed by atoms with Crippen LogP contribution in [0.2, 0.25) is 0 Å². The highest BCUT2D eigenvalue weighted by atomic mass is 16.5. The molecule has 1 aliphatic rings. The number of fused-ring (bicyclic) bond motifs is 1. The van der Waals surface area contributed by atoms with Gasteiger partial charge in [-0.3, -0.25) is 0 Å². The molecule has 20 heavy (non-hydrogen) atoms. The van der Waals surface area contributed by atoms with Crippen LogP contribution in [0.1, 0.15) is 24.5 Å². The van der Waals surface area contributed by atoms with Gasteiger partial charge in [-0.05, 0) is 49.8 Å². The lowest BCUT2D eigenvalue weighted by atomic mass is 9.84. The van der Waals surface area contributed by atoms with Crippen LogP contribution in [0.5, 0.6) is 0 Å². The minimum atomic E-state index is 0.518. The summed E-state index contributed by atoms with van der Waals surface area (Å²) in [5.41, 5.74) is 3.11. The molecule has 2 unspecified atom stereocenters. The van der Waals surface area contributed by atoms with Gasteiger partial charge in [-0.15, -0.1) is 0 Å². The van der Waals surface area contributed by atoms with Crippen LogP contribution in [0.3, 0.4) is 0 Å². The van der Waals surface area contributed by atoms with Crippen molar-refractivity contribution < 1.29 is 4.74 Å². The minimum absolute atomic E-state index is 0.518. The molecule has 2 N–H and O–H groups in total. The molecule has 3 nitrogen and oxygen atoms in total. The molecule has 0 fully saturated rings. The molecule has 0 aromatic heterocycles. The van der Waals surface area contributed by atoms with Crippen LogP contribution >= 0.6 is 0 Å². The maximum atomic E-state index is 5.03. The summed E-state index contributed by atoms with van der Waals surface area (Å²) in [5.74, 6) is 0.784. The summed E-state index contributed by atoms with van der Waals surface area (Å²) in [6, 6.07) is 9.41. The molecular formula is C17H28N2O. The Hall–Kier alpha value is -0.900. The first-order valence-corrected chi connectivity index (χ1v) is 7.79. The predicted octanol–water partition coefficient (Wildman–Crippen LogP) is 2.01. The fourth-order valence-electron chi connectivity index (χ4n) is 2.88. The molecule has 0 bridgehead atoms. The van der Waals surface area contributed by atoms with Crippen LogP contribution in [0.15, 0.2) is 24.3 Å². The second-order valence-corrected chi connectivity index (χ2v) is 5.88. The summed E-state index contributed by atoms with van der Waals surface area (Å²) in [5, 5.41) is 7.06. The molecule has 0 saturated carbocycles. The van der Waals surface area contributed by atoms with Crippen molar-refractivity contribution in [1.29, 1.82) is 0 Å². The summed E-state index contributed by atoms with van der Waals surface area (Å²) in [4.78, 5) is 0. The molecule has 0 heterocycles. The van der Waals surface area contributed by atoms with E-state index in [0.29, 0.717) is 6.04 Å². The van der Waals surface area contributed by atoms with Gasteiger partial charge in [0.2, 0.25) is 0 Å². The van der Waals surface area contributed by atoms with Crippen molar-refractivity contribution in [1.82, 2.24) is 10.6 Å². The van der Waals surface area contributed by atoms with Crippen molar-refractivity contribution in [2.45, 2.75) is 32.2 Å². The zero-order chi connectivity index (χ0) is 14.2. The normalized spacial score (nSPS) is 19.6. The van der Waals surface area contributed by atoms with Gasteiger partial charge in [0.15, 0.2) is 0 Å². The van der Waals surface area contributed by atoms with Crippen molar-refractivity contribution in [2.24, 2.45) is 5.92 Å². The van der Waals surface area contributed by atoms with Gasteiger partial charge in [0.1, 0.15) is 0 Å². The van der Waals surface area contributed by atoms with Crippen molar-refractivity contribution in [3.8, 4) is 0 Å². The SMILES string of the molecule is COCCNCC(C)NCC1CCc2ccccc2C1. The topological polar surface area (TPSA) is 33.3 Å². The Labute approximate surface area is 123 Å². The summed E-state index contributed by atoms with van der Waals surface area (Å²) in [6.07, 6.45) is 3.78. The maximum absolute atomic E-state index is 5.03. The van der Waals surface area contributed by atoms with Gasteiger partial charge in [0.05, 0.1) is 6.61 Å². The second-order valence-electron chi connectivity index (χ2n) is 5.88. The van der Waals surface area contributed by atoms with E-state index in [9.17, 15) is 0 Å². The van der Waals surface area contributed by atoms with Gasteiger partial charge in [-0.25, -0.2) is 0 Å². The Balaban J connectivity index is 1.65. The molecule has 1 aromatic rings. The van der Waals surface area contributed by atoms with E-state index in [1.807, 2.05) is 0 Å². The molecular weight excluding hydrogens is 248 g/mol. The van der Waals surface area contributed by atoms with Gasteiger partial charge in [-0.1, -0.05) is 24.3 Å². The third kappa shape index (κ3) is 4.89. The van der Waals surface area contributed by atoms with Gasteiger partial charge < -0.3 is 15.4 Å². The molecule has 0 aliphatic heterocycles. The highest BCUT2D eigenvalue weighted by Crippen LogP contribution is 2.24. The average Bonchev–Trinajstić information content (AvgIpc) is 2.49. The fraction of sp³-hybridized carbons (Fsp3) is 0.647. The van der Waals surface area contributed by atoms with Crippen LogP contribution in [0, 0.1) is 5.92 Å². The monoisotopic (exact) mass is 276 g/mol. The first kappa shape index (κ1) is 15.5. The lowest BCUT2D eigenvalue weighted by Gasteiger charge is -2.26. The van der Waals surface area contributed by atoms with Crippen molar-refractivity contribution in [2.75, 3.05) is 33.4 Å². The van der Waals surface area contributed by atoms with E-state index in [1.165, 1.54) is 19.3 Å². The van der Waals surface area contributed by atoms with E-state index in [4.69, 9.17) is 4.74 Å². The van der Waals surface area contributed by atoms with Crippen molar-refractivity contribution in [3.05, 3.63) is 35.4 Å². The van der Waals surface area contributed by atoms with E-state index in [0.717, 1.165) is 32.2 Å². The van der Waals surface area contributed by atoms with Crippen LogP contribution in [0.4, 0.5) is 0 Å². The molecule has 112 valence electrons. The summed E-state index contributed by atoms with van der Waals surface area (Å²) in [7, 11) is 1.74. The van der Waals surface area contributed by atoms with E-state index < -0.39 is 0 Å². The average molecular weight is 276 g/mol. The van der Waals surface area contributed by atoms with Crippen LogP contribution in [-0.2, 0) is 17.6 Å². The molecule has 1 aromatic carbocycles. The van der Waals surface area contributed by atoms with Gasteiger partial charge in [0, 0.05) is 26.2 Å². The Morgan fingerprint density at radius 2 is 2.10 bits per heavy atom. The smallest absolute Gasteiger partial charge is 0.0587 e. The van der Waals surface area contributed by atoms with Gasteiger partial charge >= 0.3 is 0 Å². The fourth-order valence-corrected chi connectivity index (χ4v) is 2.88. The Kier molecular flexibility index (Phi) is 6.51. The summed E-state index contributed by atoms with van der Waals surface area (Å²) < 4.78 is 5.03. The summed E-state index contributed by atoms with van der Waals surface area (Å²) in [6.45, 7) is 6.09. The molecule has 0 spiro atoms. The molecule has 2 atom stereocenters. The highest BCUT2D eigenvalue weighted by molar-refractivity contribution is 5.29. The maximum Gasteiger partial charge on any atom is 0.0587 e. The zero-order valence-electron chi connectivity index (χ0n) is 12.8. The van der Waals surface area contributed by atoms with Crippen LogP contribution in [0.25, 0.3) is 0 Å². The van der Waals surface area contributed by atoms with E-state index >= 15 is 0 Å². The highest BCUT2D eigenvalue weighted by Gasteiger charge is 2.18. The molecule has 0 saturated heterocycles. The summed E-state index contributed by atoms with van der Waals surface area (Å²) >= 11 is 0. The number of benzene rings is 1. The Morgan fingerprint density at radius 3 is 2.90 bits per heavy atom. The molecule has 0 radical (unpaired) electrons. The predicted molar refractivity (Wildman–Crippen MR) is 84.2 cm³/mol. The molecule has 2 rings (SSSR count). The Morgan fingerprint density at radius 1 is 1.30 bits per heavy atom. The van der Waals surface area contributed by atoms with E-state index in [2.05, 4.69) is 41.8 Å². The lowest BCUT2D eigenvalue weighted by molar-refractivity contribution is 0.198. The number of hydrogen-bond donors (Lipinski definition) is 2. The van der Waals surface area contributed by atoms with E-state index in [1.54, 1.807) is 18.2 Å². The van der Waals surface area contributed by atoms with Crippen LogP contribution in [-0.4, -0.2) is 39.4 Å². The lowest BCUT2D eigenvalue weighted by Crippen LogP contribution is -2.40. The molecule has 0 amide bonds. The Bertz CT molecular complexity index is 394. The van der Waals surface area contributed by atoms with Crippen LogP contribution < -0.4 is 10.6 Å². The zero-order valence-corrected chi connectivity index (χ0v) is 12.8. The number of aryl methyl sites for hydroxylation is 1. The van der Waals surface area contributed by atoms with Crippen molar-refractivity contribution in [3.63, 3.8) is 0 Å². The number of hydrogen-bond acceptors (Lipinski definition) is 3. The van der Waals surface area contributed by atoms with Crippen molar-refractivity contribution >= 4 is 0 Å². The molecule has 1 aliphatic carbocycles. The van der Waals surface area contributed by atoms with E-state index in [-0.39, 0.29) is 0 Å². The second kappa shape index (κ2) is 8.40. The number of nitrogens with one attached hydrogen (secondary N) is 2. The number of ether oxygens (including phenoxy) is 1. The first-order chi connectivity index (χ1) is 9.79. The first-order valence-electron chi connectivity index (χ1n) is 7.79. The largest absolute Gasteiger partial charge is 0.383 e. The standard InChI is InChI=1S/C17H28N2O/c1-14(12-18-9-10-20-2)19-13-15-7-8-16-5-3-4-6-17(16)11-15/h3-6,14-15,18-19H,7-13H2,1-2H3. The molecule has 3 heteroatoms. The third-order valence-corrected chi connectivity index (χ3v) is 4.14. The van der Waals surface area contributed by atoms with Gasteiger partial charge in [-0.2, -0.15) is 0 Å². The third-order valence-electron chi connectivity index (χ3n) is 4.14.